The molecule has 4 nitrogen and oxygen atoms in total. The highest BCUT2D eigenvalue weighted by Crippen LogP contribution is 2.14. The van der Waals surface area contributed by atoms with Gasteiger partial charge in [0.15, 0.2) is 0 Å². The van der Waals surface area contributed by atoms with Crippen LogP contribution in [0.25, 0.3) is 5.69 Å². The predicted octanol–water partition coefficient (Wildman–Crippen LogP) is 1.09. The zero-order chi connectivity index (χ0) is 11.5. The van der Waals surface area contributed by atoms with Gasteiger partial charge in [-0.1, -0.05) is 0 Å². The zero-order valence-electron chi connectivity index (χ0n) is 8.73. The smallest absolute Gasteiger partial charge is 0.146 e. The fourth-order valence-electron chi connectivity index (χ4n) is 1.57. The highest BCUT2D eigenvalue weighted by molar-refractivity contribution is 5.39. The number of nitrogens with zero attached hydrogens (tertiary/aromatic N) is 2. The second-order valence-electron chi connectivity index (χ2n) is 3.49. The van der Waals surface area contributed by atoms with Gasteiger partial charge >= 0.3 is 0 Å². The van der Waals surface area contributed by atoms with Crippen molar-refractivity contribution >= 4 is 5.82 Å². The summed E-state index contributed by atoms with van der Waals surface area (Å²) in [6, 6.07) is 7.86. The van der Waals surface area contributed by atoms with Crippen LogP contribution in [0.15, 0.2) is 30.3 Å². The minimum atomic E-state index is -0.274. The summed E-state index contributed by atoms with van der Waals surface area (Å²) in [5.41, 5.74) is 12.8. The van der Waals surface area contributed by atoms with E-state index in [1.54, 1.807) is 22.9 Å². The van der Waals surface area contributed by atoms with E-state index in [4.69, 9.17) is 11.5 Å². The van der Waals surface area contributed by atoms with Gasteiger partial charge in [-0.3, -0.25) is 0 Å². The largest absolute Gasteiger partial charge is 0.382 e. The molecule has 0 bridgehead atoms. The van der Waals surface area contributed by atoms with Crippen LogP contribution in [0, 0.1) is 5.82 Å². The molecule has 0 aliphatic rings. The van der Waals surface area contributed by atoms with Crippen molar-refractivity contribution in [2.75, 3.05) is 12.3 Å². The van der Waals surface area contributed by atoms with Crippen LogP contribution in [-0.4, -0.2) is 16.3 Å². The van der Waals surface area contributed by atoms with Crippen molar-refractivity contribution in [1.82, 2.24) is 9.78 Å². The van der Waals surface area contributed by atoms with Crippen LogP contribution in [-0.2, 0) is 6.42 Å². The molecule has 1 aromatic carbocycles. The molecule has 84 valence electrons. The van der Waals surface area contributed by atoms with Gasteiger partial charge in [-0.25, -0.2) is 9.07 Å². The Balaban J connectivity index is 2.42. The van der Waals surface area contributed by atoms with Crippen LogP contribution in [0.4, 0.5) is 10.2 Å². The maximum absolute atomic E-state index is 12.8. The summed E-state index contributed by atoms with van der Waals surface area (Å²) in [6.45, 7) is 0.520. The zero-order valence-corrected chi connectivity index (χ0v) is 8.73. The molecule has 2 aromatic rings. The second kappa shape index (κ2) is 4.32. The topological polar surface area (TPSA) is 69.9 Å². The summed E-state index contributed by atoms with van der Waals surface area (Å²) in [5, 5.41) is 4.15. The Bertz CT molecular complexity index is 475. The van der Waals surface area contributed by atoms with Gasteiger partial charge in [-0.05, 0) is 30.8 Å². The summed E-state index contributed by atoms with van der Waals surface area (Å²) in [6.07, 6.45) is 0.682. The quantitative estimate of drug-likeness (QED) is 0.813. The van der Waals surface area contributed by atoms with Crippen molar-refractivity contribution in [1.29, 1.82) is 0 Å². The lowest BCUT2D eigenvalue weighted by Crippen LogP contribution is -2.08. The Morgan fingerprint density at radius 3 is 2.56 bits per heavy atom. The highest BCUT2D eigenvalue weighted by atomic mass is 19.1. The standard InChI is InChI=1S/C11H13FN4/c12-8-1-3-9(4-2-8)16-10(5-6-13)7-11(14)15-16/h1-4,7H,5-6,13H2,(H2,14,15). The lowest BCUT2D eigenvalue weighted by atomic mass is 10.2. The molecule has 16 heavy (non-hydrogen) atoms. The van der Waals surface area contributed by atoms with Crippen LogP contribution in [0.1, 0.15) is 5.69 Å². The van der Waals surface area contributed by atoms with E-state index in [0.29, 0.717) is 18.8 Å². The van der Waals surface area contributed by atoms with Gasteiger partial charge in [0.25, 0.3) is 0 Å². The molecule has 0 radical (unpaired) electrons. The Morgan fingerprint density at radius 2 is 1.94 bits per heavy atom. The number of benzene rings is 1. The van der Waals surface area contributed by atoms with Crippen molar-refractivity contribution in [3.05, 3.63) is 41.8 Å². The third-order valence-corrected chi connectivity index (χ3v) is 2.27. The van der Waals surface area contributed by atoms with Crippen LogP contribution in [0.3, 0.4) is 0 Å². The van der Waals surface area contributed by atoms with E-state index in [0.717, 1.165) is 11.4 Å². The van der Waals surface area contributed by atoms with Crippen molar-refractivity contribution < 1.29 is 4.39 Å². The molecule has 1 heterocycles. The van der Waals surface area contributed by atoms with Gasteiger partial charge in [-0.15, -0.1) is 0 Å². The van der Waals surface area contributed by atoms with E-state index >= 15 is 0 Å². The van der Waals surface area contributed by atoms with Crippen LogP contribution >= 0.6 is 0 Å². The van der Waals surface area contributed by atoms with Gasteiger partial charge in [0, 0.05) is 18.2 Å². The molecule has 0 saturated carbocycles. The van der Waals surface area contributed by atoms with Crippen LogP contribution in [0.5, 0.6) is 0 Å². The van der Waals surface area contributed by atoms with E-state index in [2.05, 4.69) is 5.10 Å². The summed E-state index contributed by atoms with van der Waals surface area (Å²) < 4.78 is 14.5. The second-order valence-corrected chi connectivity index (χ2v) is 3.49. The van der Waals surface area contributed by atoms with Gasteiger partial charge in [0.2, 0.25) is 0 Å². The number of hydrogen-bond acceptors (Lipinski definition) is 3. The van der Waals surface area contributed by atoms with Gasteiger partial charge in [0.05, 0.1) is 5.69 Å². The van der Waals surface area contributed by atoms with Crippen LogP contribution in [0.2, 0.25) is 0 Å². The molecule has 0 unspecified atom stereocenters. The predicted molar refractivity (Wildman–Crippen MR) is 60.7 cm³/mol. The van der Waals surface area contributed by atoms with Gasteiger partial charge < -0.3 is 11.5 Å². The first-order chi connectivity index (χ1) is 7.70. The molecule has 1 aromatic heterocycles. The van der Waals surface area contributed by atoms with E-state index in [-0.39, 0.29) is 5.82 Å². The highest BCUT2D eigenvalue weighted by Gasteiger charge is 2.07. The van der Waals surface area contributed by atoms with Crippen molar-refractivity contribution in [3.8, 4) is 5.69 Å². The SMILES string of the molecule is NCCc1cc(N)nn1-c1ccc(F)cc1. The summed E-state index contributed by atoms with van der Waals surface area (Å²) >= 11 is 0. The number of nitrogens with two attached hydrogens (primary N) is 2. The fourth-order valence-corrected chi connectivity index (χ4v) is 1.57. The van der Waals surface area contributed by atoms with Crippen molar-refractivity contribution in [2.24, 2.45) is 5.73 Å². The lowest BCUT2D eigenvalue weighted by molar-refractivity contribution is 0.626. The first-order valence-electron chi connectivity index (χ1n) is 5.01. The number of halogens is 1. The maximum Gasteiger partial charge on any atom is 0.146 e. The number of nitrogen functional groups attached to an aromatic ring is 1. The minimum absolute atomic E-state index is 0.274. The van der Waals surface area contributed by atoms with E-state index in [1.165, 1.54) is 12.1 Å². The Kier molecular flexibility index (Phi) is 2.87. The molecule has 0 amide bonds. The Hall–Kier alpha value is -1.88. The summed E-state index contributed by atoms with van der Waals surface area (Å²) in [4.78, 5) is 0. The molecule has 5 heteroatoms. The molecule has 0 aliphatic carbocycles. The first kappa shape index (κ1) is 10.6. The van der Waals surface area contributed by atoms with E-state index in [9.17, 15) is 4.39 Å². The molecular weight excluding hydrogens is 207 g/mol. The first-order valence-corrected chi connectivity index (χ1v) is 5.01. The molecular formula is C11H13FN4. The fraction of sp³-hybridized carbons (Fsp3) is 0.182. The lowest BCUT2D eigenvalue weighted by Gasteiger charge is -2.05. The normalized spacial score (nSPS) is 10.6. The number of aromatic nitrogens is 2. The number of rotatable bonds is 3. The molecule has 0 saturated heterocycles. The maximum atomic E-state index is 12.8. The number of hydrogen-bond donors (Lipinski definition) is 2. The summed E-state index contributed by atoms with van der Waals surface area (Å²) in [5.74, 6) is 0.164. The third-order valence-electron chi connectivity index (χ3n) is 2.27. The minimum Gasteiger partial charge on any atom is -0.382 e. The number of anilines is 1. The molecule has 0 aliphatic heterocycles. The van der Waals surface area contributed by atoms with Crippen molar-refractivity contribution in [2.45, 2.75) is 6.42 Å². The van der Waals surface area contributed by atoms with E-state index < -0.39 is 0 Å². The molecule has 0 atom stereocenters. The van der Waals surface area contributed by atoms with E-state index in [1.807, 2.05) is 0 Å². The molecule has 2 rings (SSSR count). The molecule has 0 fully saturated rings. The Labute approximate surface area is 92.7 Å². The average Bonchev–Trinajstić information content (AvgIpc) is 2.61. The van der Waals surface area contributed by atoms with Gasteiger partial charge in [-0.2, -0.15) is 5.10 Å². The molecule has 4 N–H and O–H groups in total. The van der Waals surface area contributed by atoms with Gasteiger partial charge in [0.1, 0.15) is 11.6 Å². The van der Waals surface area contributed by atoms with Crippen molar-refractivity contribution in [3.63, 3.8) is 0 Å². The average molecular weight is 220 g/mol. The summed E-state index contributed by atoms with van der Waals surface area (Å²) in [7, 11) is 0. The third kappa shape index (κ3) is 2.04. The molecule has 0 spiro atoms. The monoisotopic (exact) mass is 220 g/mol. The van der Waals surface area contributed by atoms with Crippen LogP contribution < -0.4 is 11.5 Å². The Morgan fingerprint density at radius 1 is 1.25 bits per heavy atom.